The third-order valence-corrected chi connectivity index (χ3v) is 6.64. The van der Waals surface area contributed by atoms with E-state index in [1.54, 1.807) is 0 Å². The zero-order valence-electron chi connectivity index (χ0n) is 9.63. The van der Waals surface area contributed by atoms with Gasteiger partial charge in [0.25, 0.3) is 0 Å². The van der Waals surface area contributed by atoms with Crippen LogP contribution in [0.2, 0.25) is 0 Å². The van der Waals surface area contributed by atoms with E-state index in [-0.39, 0.29) is 0 Å². The second kappa shape index (κ2) is 5.32. The minimum Gasteiger partial charge on any atom is -0.101 e. The molecule has 0 aliphatic heterocycles. The predicted octanol–water partition coefficient (Wildman–Crippen LogP) is 3.10. The summed E-state index contributed by atoms with van der Waals surface area (Å²) in [5.74, 6) is 3.00. The smallest absolute Gasteiger partial charge is 0.0778 e. The minimum absolute atomic E-state index is 1.16. The highest BCUT2D eigenvalue weighted by atomic mass is 32.4. The molecule has 0 fully saturated rings. The van der Waals surface area contributed by atoms with Crippen LogP contribution in [0, 0.1) is 11.6 Å². The van der Waals surface area contributed by atoms with Crippen molar-refractivity contribution in [3.63, 3.8) is 0 Å². The second-order valence-electron chi connectivity index (χ2n) is 3.64. The first kappa shape index (κ1) is 12.1. The van der Waals surface area contributed by atoms with Crippen molar-refractivity contribution in [1.29, 1.82) is 0 Å². The summed E-state index contributed by atoms with van der Waals surface area (Å²) in [7, 11) is 0. The molecule has 2 aromatic rings. The lowest BCUT2D eigenvalue weighted by molar-refractivity contribution is 1.75. The number of benzene rings is 2. The lowest BCUT2D eigenvalue weighted by Crippen LogP contribution is -2.13. The van der Waals surface area contributed by atoms with Gasteiger partial charge in [0.1, 0.15) is 0 Å². The molecule has 0 heterocycles. The standard InChI is InChI=1S/C15H13PS/c1-2-13-16(17,14-9-5-3-6-10-14)15-11-7-4-8-12-15/h3-12H,1H3. The monoisotopic (exact) mass is 256 g/mol. The van der Waals surface area contributed by atoms with E-state index < -0.39 is 6.04 Å². The summed E-state index contributed by atoms with van der Waals surface area (Å²) in [6.45, 7) is 1.85. The molecule has 0 saturated heterocycles. The highest BCUT2D eigenvalue weighted by molar-refractivity contribution is 8.24. The fraction of sp³-hybridized carbons (Fsp3) is 0.0667. The van der Waals surface area contributed by atoms with Crippen molar-refractivity contribution in [2.45, 2.75) is 6.92 Å². The average molecular weight is 256 g/mol. The maximum Gasteiger partial charge on any atom is 0.0778 e. The summed E-state index contributed by atoms with van der Waals surface area (Å²) in [6.07, 6.45) is 0. The van der Waals surface area contributed by atoms with Crippen LogP contribution >= 0.6 is 6.04 Å². The van der Waals surface area contributed by atoms with Gasteiger partial charge in [-0.15, -0.1) is 5.92 Å². The Balaban J connectivity index is 2.63. The maximum atomic E-state index is 5.87. The van der Waals surface area contributed by atoms with E-state index in [0.29, 0.717) is 0 Å². The third-order valence-electron chi connectivity index (χ3n) is 2.51. The molecule has 0 amide bonds. The molecule has 0 aliphatic carbocycles. The molecule has 0 N–H and O–H groups in total. The number of rotatable bonds is 2. The summed E-state index contributed by atoms with van der Waals surface area (Å²) in [4.78, 5) is 0. The highest BCUT2D eigenvalue weighted by Crippen LogP contribution is 2.42. The molecule has 2 heteroatoms. The van der Waals surface area contributed by atoms with Crippen LogP contribution in [0.1, 0.15) is 6.92 Å². The lowest BCUT2D eigenvalue weighted by atomic mass is 10.4. The van der Waals surface area contributed by atoms with Crippen molar-refractivity contribution in [2.75, 3.05) is 0 Å². The molecular weight excluding hydrogens is 243 g/mol. The van der Waals surface area contributed by atoms with Gasteiger partial charge in [-0.1, -0.05) is 78.1 Å². The van der Waals surface area contributed by atoms with Crippen LogP contribution in [0.15, 0.2) is 60.7 Å². The van der Waals surface area contributed by atoms with Crippen LogP contribution in [0.3, 0.4) is 0 Å². The van der Waals surface area contributed by atoms with Gasteiger partial charge in [0.2, 0.25) is 0 Å². The Morgan fingerprint density at radius 3 is 1.59 bits per heavy atom. The van der Waals surface area contributed by atoms with Crippen molar-refractivity contribution in [3.05, 3.63) is 60.7 Å². The van der Waals surface area contributed by atoms with Gasteiger partial charge in [0.05, 0.1) is 6.04 Å². The zero-order valence-corrected chi connectivity index (χ0v) is 11.3. The van der Waals surface area contributed by atoms with Gasteiger partial charge in [-0.3, -0.25) is 0 Å². The van der Waals surface area contributed by atoms with Gasteiger partial charge in [0, 0.05) is 10.6 Å². The first-order chi connectivity index (χ1) is 8.27. The molecule has 0 aliphatic rings. The lowest BCUT2D eigenvalue weighted by Gasteiger charge is -2.16. The van der Waals surface area contributed by atoms with E-state index in [2.05, 4.69) is 35.8 Å². The molecular formula is C15H13PS. The van der Waals surface area contributed by atoms with Crippen LogP contribution in [0.25, 0.3) is 0 Å². The van der Waals surface area contributed by atoms with Crippen molar-refractivity contribution < 1.29 is 0 Å². The molecule has 17 heavy (non-hydrogen) atoms. The quantitative estimate of drug-likeness (QED) is 0.587. The largest absolute Gasteiger partial charge is 0.101 e. The minimum atomic E-state index is -1.95. The van der Waals surface area contributed by atoms with E-state index in [1.807, 2.05) is 43.3 Å². The molecule has 0 atom stereocenters. The van der Waals surface area contributed by atoms with Gasteiger partial charge < -0.3 is 0 Å². The van der Waals surface area contributed by atoms with Crippen molar-refractivity contribution in [2.24, 2.45) is 0 Å². The van der Waals surface area contributed by atoms with Crippen molar-refractivity contribution >= 4 is 28.5 Å². The van der Waals surface area contributed by atoms with Gasteiger partial charge in [-0.25, -0.2) is 0 Å². The summed E-state index contributed by atoms with van der Waals surface area (Å²) >= 11 is 5.87. The van der Waals surface area contributed by atoms with Crippen LogP contribution in [-0.2, 0) is 11.8 Å². The Kier molecular flexibility index (Phi) is 3.79. The number of hydrogen-bond acceptors (Lipinski definition) is 1. The highest BCUT2D eigenvalue weighted by Gasteiger charge is 2.18. The fourth-order valence-electron chi connectivity index (χ4n) is 1.71. The molecule has 0 aromatic heterocycles. The second-order valence-corrected chi connectivity index (χ2v) is 7.76. The fourth-order valence-corrected chi connectivity index (χ4v) is 4.77. The van der Waals surface area contributed by atoms with Crippen LogP contribution in [0.5, 0.6) is 0 Å². The summed E-state index contributed by atoms with van der Waals surface area (Å²) in [5.41, 5.74) is 3.27. The molecule has 0 radical (unpaired) electrons. The predicted molar refractivity (Wildman–Crippen MR) is 79.9 cm³/mol. The molecule has 0 unspecified atom stereocenters. The van der Waals surface area contributed by atoms with Crippen LogP contribution in [-0.4, -0.2) is 0 Å². The Bertz CT molecular complexity index is 548. The average Bonchev–Trinajstić information content (AvgIpc) is 2.41. The summed E-state index contributed by atoms with van der Waals surface area (Å²) < 4.78 is 0. The molecule has 0 bridgehead atoms. The summed E-state index contributed by atoms with van der Waals surface area (Å²) in [5, 5.41) is 2.33. The van der Waals surface area contributed by atoms with Crippen molar-refractivity contribution in [1.82, 2.24) is 0 Å². The van der Waals surface area contributed by atoms with Crippen LogP contribution < -0.4 is 10.6 Å². The Hall–Kier alpha value is -1.35. The Morgan fingerprint density at radius 1 is 0.824 bits per heavy atom. The topological polar surface area (TPSA) is 0 Å². The van der Waals surface area contributed by atoms with E-state index >= 15 is 0 Å². The van der Waals surface area contributed by atoms with Gasteiger partial charge in [-0.2, -0.15) is 0 Å². The molecule has 84 valence electrons. The zero-order chi connectivity index (χ0) is 12.1. The first-order valence-corrected chi connectivity index (χ1v) is 8.23. The van der Waals surface area contributed by atoms with Crippen molar-refractivity contribution in [3.8, 4) is 11.6 Å². The Labute approximate surface area is 108 Å². The maximum absolute atomic E-state index is 5.87. The SMILES string of the molecule is CC#CP(=S)(c1ccccc1)c1ccccc1. The molecule has 2 aromatic carbocycles. The molecule has 0 nitrogen and oxygen atoms in total. The van der Waals surface area contributed by atoms with Gasteiger partial charge in [-0.05, 0) is 6.92 Å². The van der Waals surface area contributed by atoms with E-state index in [1.165, 1.54) is 0 Å². The molecule has 0 spiro atoms. The first-order valence-electron chi connectivity index (χ1n) is 5.42. The number of hydrogen-bond donors (Lipinski definition) is 0. The van der Waals surface area contributed by atoms with Gasteiger partial charge in [0.15, 0.2) is 0 Å². The van der Waals surface area contributed by atoms with E-state index in [4.69, 9.17) is 11.8 Å². The normalized spacial score (nSPS) is 10.4. The molecule has 0 saturated carbocycles. The van der Waals surface area contributed by atoms with E-state index in [0.717, 1.165) is 10.6 Å². The molecule has 2 rings (SSSR count). The van der Waals surface area contributed by atoms with Gasteiger partial charge >= 0.3 is 0 Å². The summed E-state index contributed by atoms with van der Waals surface area (Å²) in [6, 6.07) is 18.5. The van der Waals surface area contributed by atoms with Crippen LogP contribution in [0.4, 0.5) is 0 Å². The van der Waals surface area contributed by atoms with E-state index in [9.17, 15) is 0 Å². The Morgan fingerprint density at radius 2 is 1.24 bits per heavy atom. The third kappa shape index (κ3) is 2.50.